The van der Waals surface area contributed by atoms with Gasteiger partial charge in [0, 0.05) is 13.6 Å². The molecule has 3 rings (SSSR count). The van der Waals surface area contributed by atoms with E-state index in [1.807, 2.05) is 20.8 Å². The summed E-state index contributed by atoms with van der Waals surface area (Å²) in [5, 5.41) is 0.237. The monoisotopic (exact) mass is 492 g/mol. The molecule has 34 heavy (non-hydrogen) atoms. The van der Waals surface area contributed by atoms with Gasteiger partial charge >= 0.3 is 11.7 Å². The second-order valence-electron chi connectivity index (χ2n) is 7.67. The van der Waals surface area contributed by atoms with Crippen LogP contribution in [0.25, 0.3) is 11.2 Å². The number of nitrogens with one attached hydrogen (secondary N) is 1. The lowest BCUT2D eigenvalue weighted by atomic mass is 10.2. The summed E-state index contributed by atoms with van der Waals surface area (Å²) in [5.41, 5.74) is -0.378. The van der Waals surface area contributed by atoms with Gasteiger partial charge in [0.2, 0.25) is 0 Å². The van der Waals surface area contributed by atoms with Crippen molar-refractivity contribution in [3.8, 4) is 11.5 Å². The molecular weight excluding hydrogens is 464 g/mol. The van der Waals surface area contributed by atoms with Crippen molar-refractivity contribution < 1.29 is 19.0 Å². The van der Waals surface area contributed by atoms with Crippen molar-refractivity contribution in [1.29, 1.82) is 0 Å². The number of unbranched alkanes of at least 4 members (excludes halogenated alkanes) is 1. The summed E-state index contributed by atoms with van der Waals surface area (Å²) in [4.78, 5) is 44.2. The third kappa shape index (κ3) is 5.27. The fourth-order valence-corrected chi connectivity index (χ4v) is 3.72. The minimum atomic E-state index is -0.644. The molecule has 0 spiro atoms. The van der Waals surface area contributed by atoms with Crippen LogP contribution in [-0.2, 0) is 24.9 Å². The zero-order valence-electron chi connectivity index (χ0n) is 19.8. The molecule has 0 atom stereocenters. The molecule has 0 aliphatic carbocycles. The Morgan fingerprint density at radius 1 is 1.15 bits per heavy atom. The highest BCUT2D eigenvalue weighted by Gasteiger charge is 2.20. The number of H-pyrrole nitrogens is 1. The number of carbonyl (C=O) groups is 1. The van der Waals surface area contributed by atoms with Crippen LogP contribution in [-0.4, -0.2) is 38.3 Å². The quantitative estimate of drug-likeness (QED) is 0.407. The zero-order chi connectivity index (χ0) is 24.8. The number of hydrogen-bond donors (Lipinski definition) is 1. The zero-order valence-corrected chi connectivity index (χ0v) is 20.5. The summed E-state index contributed by atoms with van der Waals surface area (Å²) >= 11 is 6.34. The van der Waals surface area contributed by atoms with Crippen LogP contribution in [0.1, 0.15) is 56.2 Å². The molecule has 3 aromatic rings. The van der Waals surface area contributed by atoms with E-state index in [9.17, 15) is 14.4 Å². The molecule has 0 aliphatic heterocycles. The van der Waals surface area contributed by atoms with Gasteiger partial charge in [-0.1, -0.05) is 31.9 Å². The smallest absolute Gasteiger partial charge is 0.338 e. The highest BCUT2D eigenvalue weighted by atomic mass is 35.5. The van der Waals surface area contributed by atoms with E-state index in [1.165, 1.54) is 21.3 Å². The van der Waals surface area contributed by atoms with Gasteiger partial charge in [0.25, 0.3) is 5.56 Å². The van der Waals surface area contributed by atoms with Gasteiger partial charge in [-0.25, -0.2) is 14.6 Å². The number of aromatic nitrogens is 4. The topological polar surface area (TPSA) is 117 Å². The van der Waals surface area contributed by atoms with Gasteiger partial charge < -0.3 is 18.8 Å². The Morgan fingerprint density at radius 2 is 1.91 bits per heavy atom. The molecule has 11 heteroatoms. The minimum Gasteiger partial charge on any atom is -0.490 e. The van der Waals surface area contributed by atoms with E-state index in [-0.39, 0.29) is 28.4 Å². The van der Waals surface area contributed by atoms with Crippen LogP contribution >= 0.6 is 11.6 Å². The first-order valence-corrected chi connectivity index (χ1v) is 11.6. The number of fused-ring (bicyclic) bond motifs is 1. The summed E-state index contributed by atoms with van der Waals surface area (Å²) in [7, 11) is 1.63. The SMILES string of the molecule is CCCCn1c(=O)[nH]c(=O)c2c1nc(COC(=O)c1cc(Cl)c(OCCC)c(OCC)c1)n2C. The van der Waals surface area contributed by atoms with Gasteiger partial charge in [0.1, 0.15) is 12.4 Å². The molecule has 0 amide bonds. The lowest BCUT2D eigenvalue weighted by Gasteiger charge is -2.14. The van der Waals surface area contributed by atoms with Crippen LogP contribution in [0, 0.1) is 0 Å². The standard InChI is InChI=1S/C23H29ClN4O6/c1-5-8-9-28-20-18(21(29)26-23(28)31)27(4)17(25-20)13-34-22(30)14-11-15(24)19(33-10-6-2)16(12-14)32-7-3/h11-12H,5-10,13H2,1-4H3,(H,26,29,31). The number of nitrogens with zero attached hydrogens (tertiary/aromatic N) is 3. The predicted molar refractivity (Wildman–Crippen MR) is 128 cm³/mol. The van der Waals surface area contributed by atoms with Crippen molar-refractivity contribution in [3.63, 3.8) is 0 Å². The van der Waals surface area contributed by atoms with Crippen LogP contribution in [0.15, 0.2) is 21.7 Å². The number of ether oxygens (including phenoxy) is 3. The minimum absolute atomic E-state index is 0.189. The molecule has 0 bridgehead atoms. The number of esters is 1. The molecule has 184 valence electrons. The van der Waals surface area contributed by atoms with E-state index in [2.05, 4.69) is 9.97 Å². The number of aromatic amines is 1. The second-order valence-corrected chi connectivity index (χ2v) is 8.07. The molecule has 0 saturated heterocycles. The predicted octanol–water partition coefficient (Wildman–Crippen LogP) is 3.42. The summed E-state index contributed by atoms with van der Waals surface area (Å²) in [6.45, 7) is 6.83. The lowest BCUT2D eigenvalue weighted by Crippen LogP contribution is -2.31. The highest BCUT2D eigenvalue weighted by Crippen LogP contribution is 2.37. The maximum absolute atomic E-state index is 12.8. The Labute approximate surface area is 201 Å². The number of halogens is 1. The maximum Gasteiger partial charge on any atom is 0.338 e. The third-order valence-corrected chi connectivity index (χ3v) is 5.45. The fourth-order valence-electron chi connectivity index (χ4n) is 3.45. The molecule has 0 fully saturated rings. The molecule has 0 saturated carbocycles. The number of hydrogen-bond acceptors (Lipinski definition) is 7. The van der Waals surface area contributed by atoms with Crippen LogP contribution in [0.5, 0.6) is 11.5 Å². The average molecular weight is 493 g/mol. The van der Waals surface area contributed by atoms with Crippen LogP contribution < -0.4 is 20.7 Å². The van der Waals surface area contributed by atoms with Gasteiger partial charge in [0.05, 0.1) is 23.8 Å². The van der Waals surface area contributed by atoms with Crippen LogP contribution in [0.2, 0.25) is 5.02 Å². The summed E-state index contributed by atoms with van der Waals surface area (Å²) in [6, 6.07) is 2.98. The van der Waals surface area contributed by atoms with Crippen LogP contribution in [0.4, 0.5) is 0 Å². The lowest BCUT2D eigenvalue weighted by molar-refractivity contribution is 0.0459. The number of rotatable bonds is 11. The average Bonchev–Trinajstić information content (AvgIpc) is 3.13. The van der Waals surface area contributed by atoms with Gasteiger partial charge in [-0.2, -0.15) is 0 Å². The number of aryl methyl sites for hydroxylation is 2. The van der Waals surface area contributed by atoms with Gasteiger partial charge in [-0.05, 0) is 31.9 Å². The molecule has 0 radical (unpaired) electrons. The molecule has 2 aromatic heterocycles. The molecule has 0 aliphatic rings. The summed E-state index contributed by atoms with van der Waals surface area (Å²) in [5.74, 6) is 0.407. The van der Waals surface area contributed by atoms with Crippen molar-refractivity contribution in [3.05, 3.63) is 49.4 Å². The Hall–Kier alpha value is -3.27. The van der Waals surface area contributed by atoms with Gasteiger partial charge in [-0.3, -0.25) is 14.3 Å². The Kier molecular flexibility index (Phi) is 8.38. The Bertz CT molecular complexity index is 1290. The molecule has 10 nitrogen and oxygen atoms in total. The normalized spacial score (nSPS) is 11.1. The highest BCUT2D eigenvalue weighted by molar-refractivity contribution is 6.32. The van der Waals surface area contributed by atoms with Crippen LogP contribution in [0.3, 0.4) is 0 Å². The molecule has 1 N–H and O–H groups in total. The molecule has 1 aromatic carbocycles. The van der Waals surface area contributed by atoms with E-state index in [4.69, 9.17) is 25.8 Å². The molecular formula is C23H29ClN4O6. The van der Waals surface area contributed by atoms with Gasteiger partial charge in [0.15, 0.2) is 22.7 Å². The summed E-state index contributed by atoms with van der Waals surface area (Å²) < 4.78 is 19.6. The maximum atomic E-state index is 12.8. The van der Waals surface area contributed by atoms with Crippen molar-refractivity contribution in [2.45, 2.75) is 53.2 Å². The largest absolute Gasteiger partial charge is 0.490 e. The Balaban J connectivity index is 1.88. The van der Waals surface area contributed by atoms with Crippen molar-refractivity contribution >= 4 is 28.7 Å². The first kappa shape index (κ1) is 25.4. The van der Waals surface area contributed by atoms with Gasteiger partial charge in [-0.15, -0.1) is 0 Å². The van der Waals surface area contributed by atoms with E-state index in [1.54, 1.807) is 7.05 Å². The number of imidazole rings is 1. The fraction of sp³-hybridized carbons (Fsp3) is 0.478. The van der Waals surface area contributed by atoms with E-state index in [0.717, 1.165) is 19.3 Å². The second kappa shape index (κ2) is 11.2. The first-order valence-electron chi connectivity index (χ1n) is 11.3. The van der Waals surface area contributed by atoms with Crippen molar-refractivity contribution in [2.24, 2.45) is 7.05 Å². The first-order chi connectivity index (χ1) is 16.3. The third-order valence-electron chi connectivity index (χ3n) is 5.17. The Morgan fingerprint density at radius 3 is 2.59 bits per heavy atom. The van der Waals surface area contributed by atoms with E-state index < -0.39 is 17.2 Å². The summed E-state index contributed by atoms with van der Waals surface area (Å²) in [6.07, 6.45) is 2.42. The number of carbonyl (C=O) groups excluding carboxylic acids is 1. The van der Waals surface area contributed by atoms with E-state index >= 15 is 0 Å². The van der Waals surface area contributed by atoms with Crippen molar-refractivity contribution in [2.75, 3.05) is 13.2 Å². The van der Waals surface area contributed by atoms with E-state index in [0.29, 0.717) is 37.1 Å². The van der Waals surface area contributed by atoms with Crippen molar-refractivity contribution in [1.82, 2.24) is 19.1 Å². The molecule has 2 heterocycles. The molecule has 0 unspecified atom stereocenters. The number of benzene rings is 1.